The number of fused-ring (bicyclic) bond motifs is 3. The Hall–Kier alpha value is -3.79. The first-order valence-corrected chi connectivity index (χ1v) is 27.6. The van der Waals surface area contributed by atoms with Crippen molar-refractivity contribution in [1.82, 2.24) is 15.0 Å². The minimum atomic E-state index is -0.862. The average molecular weight is 935 g/mol. The van der Waals surface area contributed by atoms with Gasteiger partial charge in [-0.2, -0.15) is 15.0 Å². The molecule has 0 N–H and O–H groups in total. The number of halogens is 2. The molecule has 348 valence electrons. The second-order valence-electron chi connectivity index (χ2n) is 18.2. The number of anilines is 1. The molecule has 4 nitrogen and oxygen atoms in total. The van der Waals surface area contributed by atoms with E-state index < -0.39 is 11.6 Å². The summed E-state index contributed by atoms with van der Waals surface area (Å²) in [4.78, 5) is 8.99. The summed E-state index contributed by atoms with van der Waals surface area (Å²) in [5.74, 6) is -1.72. The highest BCUT2D eigenvalue weighted by Gasteiger charge is 2.34. The van der Waals surface area contributed by atoms with E-state index in [1.54, 1.807) is 4.80 Å². The number of aromatic nitrogens is 3. The molecular formula is C56H72F2N4S3. The van der Waals surface area contributed by atoms with Crippen LogP contribution in [0.25, 0.3) is 44.1 Å². The van der Waals surface area contributed by atoms with E-state index in [9.17, 15) is 0 Å². The van der Waals surface area contributed by atoms with Crippen LogP contribution in [-0.2, 0) is 6.54 Å². The maximum atomic E-state index is 16.4. The third-order valence-corrected chi connectivity index (χ3v) is 16.3. The van der Waals surface area contributed by atoms with Crippen LogP contribution in [0.1, 0.15) is 165 Å². The molecule has 2 atom stereocenters. The lowest BCUT2D eigenvalue weighted by molar-refractivity contribution is 0.485. The minimum Gasteiger partial charge on any atom is -0.363 e. The summed E-state index contributed by atoms with van der Waals surface area (Å²) in [5, 5.41) is 9.98. The Bertz CT molecular complexity index is 2400. The van der Waals surface area contributed by atoms with Gasteiger partial charge in [-0.3, -0.25) is 0 Å². The first kappa shape index (κ1) is 49.1. The van der Waals surface area contributed by atoms with Gasteiger partial charge in [-0.15, -0.1) is 34.4 Å². The smallest absolute Gasteiger partial charge is 0.170 e. The normalized spacial score (nSPS) is 16.1. The van der Waals surface area contributed by atoms with Gasteiger partial charge in [-0.05, 0) is 80.3 Å². The Morgan fingerprint density at radius 1 is 0.631 bits per heavy atom. The number of rotatable bonds is 27. The highest BCUT2D eigenvalue weighted by Crippen LogP contribution is 2.46. The van der Waals surface area contributed by atoms with E-state index in [2.05, 4.69) is 86.4 Å². The van der Waals surface area contributed by atoms with E-state index in [0.717, 1.165) is 34.7 Å². The lowest BCUT2D eigenvalue weighted by atomic mass is 9.98. The number of hydrogen-bond donors (Lipinski definition) is 0. The summed E-state index contributed by atoms with van der Waals surface area (Å²) in [6.07, 6.45) is 41.4. The second kappa shape index (κ2) is 25.4. The van der Waals surface area contributed by atoms with Crippen LogP contribution in [0.2, 0.25) is 0 Å². The van der Waals surface area contributed by atoms with Crippen molar-refractivity contribution in [3.8, 4) is 20.9 Å². The van der Waals surface area contributed by atoms with Gasteiger partial charge in [0.15, 0.2) is 11.6 Å². The molecule has 1 aliphatic heterocycles. The standard InChI is InChI=1S/C56H72F2N4S3/c1-5-8-10-12-14-16-17-18-19-20-22-24-37-61-45-33-29-42(26-7-3)39-49(45)65-50-40-43(30-34-46(50)61)28-31-44-32-36-48(64-44)52-54(58)53(57)51(47-35-27-41(4)63-47)55-56(52)60-62(59-55)38-25-23-21-15-13-11-9-6-2/h7,26-36,39-40,46,50H,5-6,8-25,37-38H2,1-4H3/b26-7+,31-28+. The molecule has 2 aliphatic rings. The maximum absolute atomic E-state index is 16.4. The molecule has 9 heteroatoms. The van der Waals surface area contributed by atoms with E-state index in [-0.39, 0.29) is 16.4 Å². The average Bonchev–Trinajstić information content (AvgIpc) is 4.07. The summed E-state index contributed by atoms with van der Waals surface area (Å²) in [7, 11) is 0. The first-order chi connectivity index (χ1) is 31.9. The van der Waals surface area contributed by atoms with E-state index >= 15 is 8.78 Å². The molecule has 0 fully saturated rings. The van der Waals surface area contributed by atoms with Crippen molar-refractivity contribution in [2.24, 2.45) is 0 Å². The number of hydrogen-bond acceptors (Lipinski definition) is 6. The topological polar surface area (TPSA) is 34.0 Å². The highest BCUT2D eigenvalue weighted by atomic mass is 32.2. The molecule has 2 aromatic carbocycles. The van der Waals surface area contributed by atoms with Crippen LogP contribution in [0.4, 0.5) is 14.5 Å². The van der Waals surface area contributed by atoms with Gasteiger partial charge in [0.2, 0.25) is 0 Å². The van der Waals surface area contributed by atoms with Gasteiger partial charge in [0.05, 0.1) is 34.7 Å². The fourth-order valence-electron chi connectivity index (χ4n) is 9.39. The van der Waals surface area contributed by atoms with Gasteiger partial charge in [0, 0.05) is 30.9 Å². The molecular weight excluding hydrogens is 863 g/mol. The Labute approximate surface area is 401 Å². The Morgan fingerprint density at radius 3 is 1.78 bits per heavy atom. The zero-order valence-corrected chi connectivity index (χ0v) is 42.0. The number of allylic oxidation sites excluding steroid dienone is 4. The molecule has 0 radical (unpaired) electrons. The summed E-state index contributed by atoms with van der Waals surface area (Å²) < 4.78 is 32.7. The number of nitrogens with zero attached hydrogens (tertiary/aromatic N) is 4. The van der Waals surface area contributed by atoms with Gasteiger partial charge in [-0.25, -0.2) is 8.78 Å². The van der Waals surface area contributed by atoms with E-state index in [0.29, 0.717) is 33.4 Å². The molecule has 0 saturated carbocycles. The summed E-state index contributed by atoms with van der Waals surface area (Å²) in [5.41, 5.74) is 5.00. The van der Waals surface area contributed by atoms with Crippen LogP contribution in [0.3, 0.4) is 0 Å². The van der Waals surface area contributed by atoms with Crippen molar-refractivity contribution >= 4 is 63.3 Å². The zero-order valence-electron chi connectivity index (χ0n) is 39.6. The van der Waals surface area contributed by atoms with Crippen LogP contribution < -0.4 is 4.90 Å². The van der Waals surface area contributed by atoms with E-state index in [1.165, 1.54) is 154 Å². The highest BCUT2D eigenvalue weighted by molar-refractivity contribution is 8.00. The minimum absolute atomic E-state index is 0.198. The van der Waals surface area contributed by atoms with E-state index in [4.69, 9.17) is 10.2 Å². The number of thiophene rings is 2. The number of benzene rings is 2. The SMILES string of the molecule is C/C=C/c1ccc2c(c1)SC1C=C(/C=C/c3ccc(-c4c(F)c(F)c(-c5ccc(C)s5)c5nn(CCCCCCCCCC)nc45)s3)C=CC1N2CCCCCCCCCCCCCC. The quantitative estimate of drug-likeness (QED) is 0.0491. The fraction of sp³-hybridized carbons (Fsp3) is 0.500. The lowest BCUT2D eigenvalue weighted by Gasteiger charge is -2.42. The molecule has 0 spiro atoms. The van der Waals surface area contributed by atoms with Crippen molar-refractivity contribution in [2.45, 2.75) is 179 Å². The maximum Gasteiger partial charge on any atom is 0.170 e. The second-order valence-corrected chi connectivity index (χ2v) is 21.8. The van der Waals surface area contributed by atoms with Crippen molar-refractivity contribution in [3.05, 3.63) is 105 Å². The molecule has 0 saturated heterocycles. The molecule has 4 heterocycles. The monoisotopic (exact) mass is 934 g/mol. The van der Waals surface area contributed by atoms with Crippen LogP contribution in [0.5, 0.6) is 0 Å². The molecule has 3 aromatic heterocycles. The third-order valence-electron chi connectivity index (χ3n) is 13.0. The predicted molar refractivity (Wildman–Crippen MR) is 281 cm³/mol. The van der Waals surface area contributed by atoms with Crippen molar-refractivity contribution in [1.29, 1.82) is 0 Å². The summed E-state index contributed by atoms with van der Waals surface area (Å²) >= 11 is 4.88. The van der Waals surface area contributed by atoms with Gasteiger partial charge in [0.25, 0.3) is 0 Å². The van der Waals surface area contributed by atoms with Gasteiger partial charge >= 0.3 is 0 Å². The lowest BCUT2D eigenvalue weighted by Crippen LogP contribution is -2.45. The Balaban J connectivity index is 1.03. The van der Waals surface area contributed by atoms with Gasteiger partial charge < -0.3 is 4.90 Å². The number of unbranched alkanes of at least 4 members (excludes halogenated alkanes) is 18. The Morgan fingerprint density at radius 2 is 1.20 bits per heavy atom. The molecule has 7 rings (SSSR count). The summed E-state index contributed by atoms with van der Waals surface area (Å²) in [6, 6.07) is 14.9. The van der Waals surface area contributed by atoms with Crippen molar-refractivity contribution in [2.75, 3.05) is 11.4 Å². The van der Waals surface area contributed by atoms with Gasteiger partial charge in [0.1, 0.15) is 11.0 Å². The number of thioether (sulfide) groups is 1. The molecule has 65 heavy (non-hydrogen) atoms. The molecule has 1 aliphatic carbocycles. The van der Waals surface area contributed by atoms with Gasteiger partial charge in [-0.1, -0.05) is 172 Å². The van der Waals surface area contributed by atoms with Crippen LogP contribution in [0, 0.1) is 18.6 Å². The van der Waals surface area contributed by atoms with Crippen molar-refractivity contribution < 1.29 is 8.78 Å². The van der Waals surface area contributed by atoms with E-state index in [1.807, 2.05) is 43.0 Å². The number of aryl methyl sites for hydroxylation is 2. The first-order valence-electron chi connectivity index (χ1n) is 25.1. The molecule has 0 bridgehead atoms. The predicted octanol–water partition coefficient (Wildman–Crippen LogP) is 18.2. The third kappa shape index (κ3) is 13.2. The fourth-order valence-corrected chi connectivity index (χ4v) is 12.7. The Kier molecular flexibility index (Phi) is 19.2. The summed E-state index contributed by atoms with van der Waals surface area (Å²) in [6.45, 7) is 10.3. The zero-order chi connectivity index (χ0) is 45.4. The van der Waals surface area contributed by atoms with Crippen LogP contribution >= 0.6 is 34.4 Å². The van der Waals surface area contributed by atoms with Crippen LogP contribution in [-0.4, -0.2) is 32.8 Å². The largest absolute Gasteiger partial charge is 0.363 e. The molecule has 5 aromatic rings. The molecule has 0 amide bonds. The molecule has 2 unspecified atom stereocenters. The van der Waals surface area contributed by atoms with Crippen molar-refractivity contribution in [3.63, 3.8) is 0 Å². The van der Waals surface area contributed by atoms with Crippen LogP contribution in [0.15, 0.2) is 83.3 Å².